The Labute approximate surface area is 135 Å². The molecular weight excluding hydrogens is 298 g/mol. The maximum atomic E-state index is 13.6. The lowest BCUT2D eigenvalue weighted by atomic mass is 9.65. The third-order valence-electron chi connectivity index (χ3n) is 5.49. The van der Waals surface area contributed by atoms with Crippen LogP contribution in [0.3, 0.4) is 0 Å². The summed E-state index contributed by atoms with van der Waals surface area (Å²) < 4.78 is 26.7. The topological polar surface area (TPSA) is 55.1 Å². The average Bonchev–Trinajstić information content (AvgIpc) is 2.50. The number of nitrogens with two attached hydrogens (primary N) is 1. The summed E-state index contributed by atoms with van der Waals surface area (Å²) in [5.74, 6) is 0.0755. The predicted octanol–water partition coefficient (Wildman–Crippen LogP) is 2.78. The first-order chi connectivity index (χ1) is 11.0. The molecule has 2 unspecified atom stereocenters. The molecule has 0 spiro atoms. The summed E-state index contributed by atoms with van der Waals surface area (Å²) in [5, 5.41) is 2.88. The second kappa shape index (κ2) is 6.95. The van der Waals surface area contributed by atoms with E-state index in [-0.39, 0.29) is 17.9 Å². The molecule has 1 amide bonds. The Bertz CT molecular complexity index is 564. The SMILES string of the molecule is NC1C2CCCC1CC(C(=O)NCCc1cc(F)ccc1F)C2. The molecule has 2 atom stereocenters. The minimum Gasteiger partial charge on any atom is -0.356 e. The van der Waals surface area contributed by atoms with Crippen LogP contribution in [-0.2, 0) is 11.2 Å². The van der Waals surface area contributed by atoms with Crippen LogP contribution in [-0.4, -0.2) is 18.5 Å². The fourth-order valence-corrected chi connectivity index (χ4v) is 4.20. The Morgan fingerprint density at radius 3 is 2.61 bits per heavy atom. The normalized spacial score (nSPS) is 30.0. The van der Waals surface area contributed by atoms with E-state index in [0.717, 1.165) is 37.8 Å². The first-order valence-corrected chi connectivity index (χ1v) is 8.52. The van der Waals surface area contributed by atoms with Crippen molar-refractivity contribution < 1.29 is 13.6 Å². The fourth-order valence-electron chi connectivity index (χ4n) is 4.20. The van der Waals surface area contributed by atoms with Gasteiger partial charge in [0.25, 0.3) is 0 Å². The minimum absolute atomic E-state index is 0.0162. The maximum Gasteiger partial charge on any atom is 0.223 e. The molecule has 3 nitrogen and oxygen atoms in total. The average molecular weight is 322 g/mol. The molecule has 23 heavy (non-hydrogen) atoms. The highest BCUT2D eigenvalue weighted by atomic mass is 19.1. The summed E-state index contributed by atoms with van der Waals surface area (Å²) >= 11 is 0. The van der Waals surface area contributed by atoms with E-state index in [4.69, 9.17) is 5.73 Å². The van der Waals surface area contributed by atoms with E-state index >= 15 is 0 Å². The van der Waals surface area contributed by atoms with Crippen molar-refractivity contribution in [2.24, 2.45) is 23.5 Å². The van der Waals surface area contributed by atoms with Gasteiger partial charge in [-0.15, -0.1) is 0 Å². The van der Waals surface area contributed by atoms with Crippen molar-refractivity contribution in [1.82, 2.24) is 5.32 Å². The van der Waals surface area contributed by atoms with E-state index in [1.807, 2.05) is 0 Å². The van der Waals surface area contributed by atoms with Gasteiger partial charge < -0.3 is 11.1 Å². The van der Waals surface area contributed by atoms with Gasteiger partial charge in [0.2, 0.25) is 5.91 Å². The number of halogens is 2. The number of fused-ring (bicyclic) bond motifs is 2. The molecule has 3 N–H and O–H groups in total. The van der Waals surface area contributed by atoms with Crippen molar-refractivity contribution in [2.45, 2.75) is 44.6 Å². The van der Waals surface area contributed by atoms with Gasteiger partial charge in [0, 0.05) is 18.5 Å². The third kappa shape index (κ3) is 3.71. The van der Waals surface area contributed by atoms with Crippen molar-refractivity contribution in [2.75, 3.05) is 6.54 Å². The highest BCUT2D eigenvalue weighted by Gasteiger charge is 2.40. The molecule has 2 bridgehead atoms. The molecule has 3 rings (SSSR count). The van der Waals surface area contributed by atoms with Crippen LogP contribution in [0, 0.1) is 29.4 Å². The molecule has 2 aliphatic rings. The second-order valence-electron chi connectivity index (χ2n) is 6.97. The number of rotatable bonds is 4. The van der Waals surface area contributed by atoms with E-state index < -0.39 is 11.6 Å². The highest BCUT2D eigenvalue weighted by Crippen LogP contribution is 2.41. The van der Waals surface area contributed by atoms with Crippen LogP contribution in [0.5, 0.6) is 0 Å². The molecule has 1 aromatic rings. The molecule has 0 aliphatic heterocycles. The quantitative estimate of drug-likeness (QED) is 0.895. The van der Waals surface area contributed by atoms with Crippen molar-refractivity contribution in [3.05, 3.63) is 35.4 Å². The molecule has 2 saturated carbocycles. The van der Waals surface area contributed by atoms with E-state index in [9.17, 15) is 13.6 Å². The maximum absolute atomic E-state index is 13.6. The Morgan fingerprint density at radius 1 is 1.22 bits per heavy atom. The van der Waals surface area contributed by atoms with Gasteiger partial charge in [-0.25, -0.2) is 8.78 Å². The number of carbonyl (C=O) groups is 1. The molecule has 0 aromatic heterocycles. The molecule has 0 radical (unpaired) electrons. The van der Waals surface area contributed by atoms with Gasteiger partial charge in [-0.3, -0.25) is 4.79 Å². The largest absolute Gasteiger partial charge is 0.356 e. The summed E-state index contributed by atoms with van der Waals surface area (Å²) in [6.07, 6.45) is 5.48. The fraction of sp³-hybridized carbons (Fsp3) is 0.611. The lowest BCUT2D eigenvalue weighted by molar-refractivity contribution is -0.127. The van der Waals surface area contributed by atoms with Gasteiger partial charge in [-0.05, 0) is 67.7 Å². The van der Waals surface area contributed by atoms with Gasteiger partial charge >= 0.3 is 0 Å². The summed E-state index contributed by atoms with van der Waals surface area (Å²) in [7, 11) is 0. The molecule has 2 aliphatic carbocycles. The van der Waals surface area contributed by atoms with Crippen LogP contribution >= 0.6 is 0 Å². The van der Waals surface area contributed by atoms with Crippen LogP contribution in [0.2, 0.25) is 0 Å². The molecule has 126 valence electrons. The predicted molar refractivity (Wildman–Crippen MR) is 84.6 cm³/mol. The lowest BCUT2D eigenvalue weighted by Crippen LogP contribution is -2.49. The second-order valence-corrected chi connectivity index (χ2v) is 6.97. The standard InChI is InChI=1S/C18H24F2N2O/c19-15-4-5-16(20)11(10-15)6-7-22-18(23)14-8-12-2-1-3-13(9-14)17(12)21/h4-5,10,12-14,17H,1-3,6-9,21H2,(H,22,23). The zero-order valence-corrected chi connectivity index (χ0v) is 13.2. The summed E-state index contributed by atoms with van der Waals surface area (Å²) in [4.78, 5) is 12.4. The van der Waals surface area contributed by atoms with E-state index in [2.05, 4.69) is 5.32 Å². The monoisotopic (exact) mass is 322 g/mol. The number of carbonyl (C=O) groups excluding carboxylic acids is 1. The van der Waals surface area contributed by atoms with Crippen LogP contribution in [0.4, 0.5) is 8.78 Å². The lowest BCUT2D eigenvalue weighted by Gasteiger charge is -2.43. The van der Waals surface area contributed by atoms with Crippen LogP contribution < -0.4 is 11.1 Å². The van der Waals surface area contributed by atoms with Crippen molar-refractivity contribution in [3.8, 4) is 0 Å². The van der Waals surface area contributed by atoms with Crippen molar-refractivity contribution in [3.63, 3.8) is 0 Å². The Balaban J connectivity index is 1.51. The van der Waals surface area contributed by atoms with E-state index in [0.29, 0.717) is 30.4 Å². The Morgan fingerprint density at radius 2 is 1.91 bits per heavy atom. The molecule has 0 saturated heterocycles. The zero-order valence-electron chi connectivity index (χ0n) is 13.2. The number of nitrogens with one attached hydrogen (secondary N) is 1. The number of benzene rings is 1. The summed E-state index contributed by atoms with van der Waals surface area (Å²) in [5.41, 5.74) is 6.54. The molecule has 1 aromatic carbocycles. The smallest absolute Gasteiger partial charge is 0.223 e. The minimum atomic E-state index is -0.457. The third-order valence-corrected chi connectivity index (χ3v) is 5.49. The molecule has 0 heterocycles. The Kier molecular flexibility index (Phi) is 4.95. The zero-order chi connectivity index (χ0) is 16.4. The Hall–Kier alpha value is -1.49. The molecule has 5 heteroatoms. The van der Waals surface area contributed by atoms with E-state index in [1.165, 1.54) is 12.5 Å². The first kappa shape index (κ1) is 16.4. The molecule has 2 fully saturated rings. The van der Waals surface area contributed by atoms with E-state index in [1.54, 1.807) is 0 Å². The van der Waals surface area contributed by atoms with Crippen molar-refractivity contribution in [1.29, 1.82) is 0 Å². The van der Waals surface area contributed by atoms with Gasteiger partial charge in [0.1, 0.15) is 11.6 Å². The number of amides is 1. The van der Waals surface area contributed by atoms with Crippen molar-refractivity contribution >= 4 is 5.91 Å². The van der Waals surface area contributed by atoms with Crippen LogP contribution in [0.1, 0.15) is 37.7 Å². The first-order valence-electron chi connectivity index (χ1n) is 8.52. The van der Waals surface area contributed by atoms with Gasteiger partial charge in [0.05, 0.1) is 0 Å². The number of hydrogen-bond acceptors (Lipinski definition) is 2. The van der Waals surface area contributed by atoms with Gasteiger partial charge in [-0.2, -0.15) is 0 Å². The number of hydrogen-bond donors (Lipinski definition) is 2. The summed E-state index contributed by atoms with van der Waals surface area (Å²) in [6, 6.07) is 3.65. The highest BCUT2D eigenvalue weighted by molar-refractivity contribution is 5.78. The van der Waals surface area contributed by atoms with Gasteiger partial charge in [-0.1, -0.05) is 6.42 Å². The van der Waals surface area contributed by atoms with Crippen LogP contribution in [0.15, 0.2) is 18.2 Å². The summed E-state index contributed by atoms with van der Waals surface area (Å²) in [6.45, 7) is 0.330. The molecular formula is C18H24F2N2O. The van der Waals surface area contributed by atoms with Crippen LogP contribution in [0.25, 0.3) is 0 Å². The van der Waals surface area contributed by atoms with Gasteiger partial charge in [0.15, 0.2) is 0 Å².